The normalized spacial score (nSPS) is 23.7. The first-order valence-corrected chi connectivity index (χ1v) is 30.8. The van der Waals surface area contributed by atoms with Gasteiger partial charge < -0.3 is 63.7 Å². The number of aromatic nitrogens is 1. The maximum absolute atomic E-state index is 14.8. The van der Waals surface area contributed by atoms with Crippen LogP contribution in [0.5, 0.6) is 17.2 Å². The Morgan fingerprint density at radius 2 is 1.56 bits per heavy atom. The van der Waals surface area contributed by atoms with E-state index in [1.54, 1.807) is 52.8 Å². The van der Waals surface area contributed by atoms with Gasteiger partial charge in [0.25, 0.3) is 5.91 Å². The molecule has 0 spiro atoms. The standard InChI is InChI=1S/C61H79N5O19P2/c1-12-80-57-37(9)53(73)47-46-48(57)60(76)82-27-21-41(79-11)34(6)56(83-38(10)67)36(8)52(72)35(7)55(85-45(71)18-13-14-26-81-44(70)20-19-43(69)62-61(86-77)87-78)32(4)16-15-17-33(5)59(75)64-51(54(47)74)58-50(46)63-49-40(68)28-39(29-42(49)84-58)66-24-22-65(23-25-66)30-31(2)3/h15-17,21,27-29,31-32,34-36,41,52,55-56,61,68,72,74H,12-14,18-20,22-26,30H2,1-11H3,(H,62,69)(H,64,75)/b16-15+,27-21+,33-17-/t32-,34+,35-,36+,41-,52+,55-,56+/m0/s1. The van der Waals surface area contributed by atoms with Crippen molar-refractivity contribution in [2.45, 2.75) is 131 Å². The van der Waals surface area contributed by atoms with Crippen LogP contribution in [0.1, 0.15) is 110 Å². The van der Waals surface area contributed by atoms with Crippen molar-refractivity contribution in [3.63, 3.8) is 0 Å². The summed E-state index contributed by atoms with van der Waals surface area (Å²) in [5, 5.41) is 40.6. The number of carbonyl (C=O) groups is 6. The molecule has 0 saturated carbocycles. The number of aliphatic hydroxyl groups excluding tert-OH is 1. The number of fused-ring (bicyclic) bond motifs is 1. The number of esters is 4. The third-order valence-corrected chi connectivity index (χ3v) is 16.7. The van der Waals surface area contributed by atoms with Crippen molar-refractivity contribution in [1.29, 1.82) is 0 Å². The number of hydrogen-bond donors (Lipinski definition) is 5. The molecular weight excluding hydrogens is 1170 g/mol. The zero-order valence-electron chi connectivity index (χ0n) is 50.9. The number of amides is 2. The van der Waals surface area contributed by atoms with Crippen molar-refractivity contribution in [3.05, 3.63) is 69.6 Å². The quantitative estimate of drug-likeness (QED) is 0.0111. The van der Waals surface area contributed by atoms with E-state index in [0.29, 0.717) is 24.7 Å². The lowest BCUT2D eigenvalue weighted by molar-refractivity contribution is -0.165. The van der Waals surface area contributed by atoms with Gasteiger partial charge in [0.05, 0.1) is 43.5 Å². The Hall–Kier alpha value is -7.36. The van der Waals surface area contributed by atoms with Gasteiger partial charge >= 0.3 is 23.9 Å². The molecule has 8 atom stereocenters. The molecule has 2 aliphatic rings. The molecule has 2 bridgehead atoms. The van der Waals surface area contributed by atoms with Crippen LogP contribution in [-0.4, -0.2) is 144 Å². The second kappa shape index (κ2) is 31.5. The molecule has 2 aliphatic heterocycles. The molecule has 24 nitrogen and oxygen atoms in total. The van der Waals surface area contributed by atoms with Gasteiger partial charge in [-0.25, -0.2) is 9.78 Å². The number of piperazine rings is 1. The van der Waals surface area contributed by atoms with E-state index in [0.717, 1.165) is 25.9 Å². The van der Waals surface area contributed by atoms with Gasteiger partial charge in [0.2, 0.25) is 5.91 Å². The molecule has 5 N–H and O–H groups in total. The topological polar surface area (TPSA) is 326 Å². The SMILES string of the molecule is CCOc1c(C)c(=O)c2c(O)c3c4oc5cc(N6CCN(CC(C)C)CC6)cc(O)c5nc4c2c1C(=O)O/C=C/[C@H](OC)[C@@H](C)[C@@H](OC(C)=O)[C@H](C)[C@H](O)[C@H](C)[C@@H](OC(=O)CCCCOC(=O)CCC(=O)NC(P=O)P=O)[C@@H](C)/C=C/C=C(/C)C(=O)N3. The number of hydrogen-bond acceptors (Lipinski definition) is 22. The van der Waals surface area contributed by atoms with Crippen LogP contribution in [0, 0.1) is 36.5 Å². The molecule has 1 aromatic heterocycles. The van der Waals surface area contributed by atoms with Gasteiger partial charge in [-0.2, -0.15) is 0 Å². The molecule has 2 amide bonds. The Morgan fingerprint density at radius 3 is 2.21 bits per heavy atom. The van der Waals surface area contributed by atoms with Crippen LogP contribution < -0.4 is 25.7 Å². The molecular formula is C61H79N5O19P2. The first kappa shape index (κ1) is 68.7. The second-order valence-electron chi connectivity index (χ2n) is 22.4. The number of cyclic esters (lactones) is 1. The van der Waals surface area contributed by atoms with E-state index in [9.17, 15) is 58.0 Å². The third kappa shape index (κ3) is 17.0. The highest BCUT2D eigenvalue weighted by Crippen LogP contribution is 2.46. The summed E-state index contributed by atoms with van der Waals surface area (Å²) in [5.74, 6) is -8.56. The zero-order chi connectivity index (χ0) is 64.0. The predicted octanol–water partition coefficient (Wildman–Crippen LogP) is 8.76. The van der Waals surface area contributed by atoms with Crippen molar-refractivity contribution in [2.24, 2.45) is 29.6 Å². The largest absolute Gasteiger partial charge is 0.505 e. The number of unbranched alkanes of at least 4 members (excludes halogenated alkanes) is 1. The number of aromatic hydroxyl groups is 2. The van der Waals surface area contributed by atoms with Crippen LogP contribution in [0.4, 0.5) is 11.4 Å². The van der Waals surface area contributed by atoms with E-state index in [2.05, 4.69) is 34.3 Å². The molecule has 3 aromatic carbocycles. The minimum absolute atomic E-state index is 0.0340. The average Bonchev–Trinajstić information content (AvgIpc) is 1.18. The van der Waals surface area contributed by atoms with E-state index in [4.69, 9.17) is 37.8 Å². The van der Waals surface area contributed by atoms with Gasteiger partial charge in [-0.05, 0) is 45.6 Å². The number of aliphatic hydroxyl groups is 1. The van der Waals surface area contributed by atoms with E-state index < -0.39 is 123 Å². The maximum atomic E-state index is 14.8. The van der Waals surface area contributed by atoms with Crippen molar-refractivity contribution in [1.82, 2.24) is 15.2 Å². The number of phenolic OH excluding ortho intramolecular Hbond substituents is 2. The Balaban J connectivity index is 1.43. The van der Waals surface area contributed by atoms with Gasteiger partial charge in [-0.1, -0.05) is 59.8 Å². The third-order valence-electron chi connectivity index (χ3n) is 15.5. The van der Waals surface area contributed by atoms with Crippen molar-refractivity contribution >= 4 is 97.0 Å². The van der Waals surface area contributed by atoms with Crippen molar-refractivity contribution in [2.75, 3.05) is 63.3 Å². The minimum atomic E-state index is -1.32. The minimum Gasteiger partial charge on any atom is -0.505 e. The fourth-order valence-electron chi connectivity index (χ4n) is 10.9. The number of benzene rings is 3. The highest BCUT2D eigenvalue weighted by molar-refractivity contribution is 7.44. The molecule has 1 fully saturated rings. The monoisotopic (exact) mass is 1250 g/mol. The first-order chi connectivity index (χ1) is 41.3. The van der Waals surface area contributed by atoms with Gasteiger partial charge in [-0.15, -0.1) is 0 Å². The fraction of sp³-hybridized carbons (Fsp3) is 0.541. The second-order valence-corrected chi connectivity index (χ2v) is 24.2. The molecule has 472 valence electrons. The number of nitrogens with one attached hydrogen (secondary N) is 2. The zero-order valence-corrected chi connectivity index (χ0v) is 52.7. The van der Waals surface area contributed by atoms with Crippen LogP contribution in [-0.2, 0) is 56.8 Å². The van der Waals surface area contributed by atoms with E-state index in [1.807, 2.05) is 0 Å². The molecule has 1 saturated heterocycles. The van der Waals surface area contributed by atoms with Crippen LogP contribution in [0.15, 0.2) is 57.5 Å². The highest BCUT2D eigenvalue weighted by atomic mass is 31.1. The number of anilines is 2. The van der Waals surface area contributed by atoms with E-state index in [-0.39, 0.29) is 107 Å². The summed E-state index contributed by atoms with van der Waals surface area (Å²) in [6.07, 6.45) is 2.35. The molecule has 3 heterocycles. The van der Waals surface area contributed by atoms with Gasteiger partial charge in [-0.3, -0.25) is 42.8 Å². The highest BCUT2D eigenvalue weighted by Gasteiger charge is 2.41. The summed E-state index contributed by atoms with van der Waals surface area (Å²) >= 11 is 0. The van der Waals surface area contributed by atoms with E-state index >= 15 is 0 Å². The number of phenols is 2. The summed E-state index contributed by atoms with van der Waals surface area (Å²) in [6.45, 7) is 20.4. The molecule has 87 heavy (non-hydrogen) atoms. The number of allylic oxidation sites excluding steroid dienone is 2. The Kier molecular flexibility index (Phi) is 24.9. The lowest BCUT2D eigenvalue weighted by Crippen LogP contribution is -2.47. The average molecular weight is 1250 g/mol. The smallest absolute Gasteiger partial charge is 0.347 e. The number of nitrogens with zero attached hydrogens (tertiary/aromatic N) is 3. The van der Waals surface area contributed by atoms with Crippen LogP contribution in [0.3, 0.4) is 0 Å². The fourth-order valence-corrected chi connectivity index (χ4v) is 11.5. The maximum Gasteiger partial charge on any atom is 0.347 e. The van der Waals surface area contributed by atoms with Crippen molar-refractivity contribution in [3.8, 4) is 17.2 Å². The summed E-state index contributed by atoms with van der Waals surface area (Å²) in [7, 11) is 0.263. The van der Waals surface area contributed by atoms with E-state index in [1.165, 1.54) is 46.1 Å². The Bertz CT molecular complexity index is 3370. The van der Waals surface area contributed by atoms with Gasteiger partial charge in [0.1, 0.15) is 46.0 Å². The van der Waals surface area contributed by atoms with Gasteiger partial charge in [0.15, 0.2) is 44.8 Å². The van der Waals surface area contributed by atoms with Crippen LogP contribution in [0.2, 0.25) is 0 Å². The number of methoxy groups -OCH3 is 1. The number of ether oxygens (including phenoxy) is 6. The lowest BCUT2D eigenvalue weighted by Gasteiger charge is -2.39. The molecule has 4 aromatic rings. The predicted molar refractivity (Wildman–Crippen MR) is 324 cm³/mol. The Labute approximate surface area is 507 Å². The van der Waals surface area contributed by atoms with Crippen LogP contribution >= 0.6 is 16.9 Å². The molecule has 0 radical (unpaired) electrons. The summed E-state index contributed by atoms with van der Waals surface area (Å²) in [5.41, 5.74) is -2.66. The molecule has 0 unspecified atom stereocenters. The first-order valence-electron chi connectivity index (χ1n) is 29.0. The summed E-state index contributed by atoms with van der Waals surface area (Å²) in [4.78, 5) is 104. The summed E-state index contributed by atoms with van der Waals surface area (Å²) in [6, 6.07) is 3.22. The molecule has 0 aliphatic carbocycles. The lowest BCUT2D eigenvalue weighted by atomic mass is 9.78. The molecule has 6 rings (SSSR count). The van der Waals surface area contributed by atoms with Crippen LogP contribution in [0.25, 0.3) is 33.0 Å². The van der Waals surface area contributed by atoms with Gasteiger partial charge in [0, 0.05) is 118 Å². The summed E-state index contributed by atoms with van der Waals surface area (Å²) < 4.78 is 63.4. The molecule has 26 heteroatoms. The van der Waals surface area contributed by atoms with Crippen molar-refractivity contribution < 1.29 is 86.1 Å². The Morgan fingerprint density at radius 1 is 0.874 bits per heavy atom. The number of rotatable bonds is 19. The number of carbonyl (C=O) groups excluding carboxylic acids is 6.